The summed E-state index contributed by atoms with van der Waals surface area (Å²) in [5, 5.41) is 4.10. The number of carbonyl (C=O) groups excluding carboxylic acids is 1. The summed E-state index contributed by atoms with van der Waals surface area (Å²) in [4.78, 5) is 19.0. The maximum atomic E-state index is 12.8. The van der Waals surface area contributed by atoms with Crippen LogP contribution in [0.25, 0.3) is 11.4 Å². The lowest BCUT2D eigenvalue weighted by Crippen LogP contribution is -2.24. The Morgan fingerprint density at radius 2 is 1.84 bits per heavy atom. The van der Waals surface area contributed by atoms with Crippen LogP contribution < -0.4 is 23.8 Å². The molecule has 0 spiro atoms. The lowest BCUT2D eigenvalue weighted by molar-refractivity contribution is -0.117. The molecule has 168 valence electrons. The van der Waals surface area contributed by atoms with Gasteiger partial charge in [0.15, 0.2) is 11.5 Å². The lowest BCUT2D eigenvalue weighted by atomic mass is 10.1. The Hall–Kier alpha value is -3.75. The monoisotopic (exact) mass is 439 g/mol. The van der Waals surface area contributed by atoms with Crippen LogP contribution in [0, 0.1) is 0 Å². The number of carbonyl (C=O) groups is 1. The molecule has 0 bridgehead atoms. The van der Waals surface area contributed by atoms with E-state index in [0.29, 0.717) is 47.8 Å². The van der Waals surface area contributed by atoms with Crippen LogP contribution in [0.15, 0.2) is 40.9 Å². The third kappa shape index (κ3) is 4.05. The molecule has 9 nitrogen and oxygen atoms in total. The summed E-state index contributed by atoms with van der Waals surface area (Å²) in [6.07, 6.45) is 0.261. The molecule has 1 aliphatic heterocycles. The molecule has 0 radical (unpaired) electrons. The standard InChI is InChI=1S/C23H25N3O6/c1-5-31-17-8-6-7-14(9-17)22-24-23(32-25-22)15-10-20(27)26(13-15)16-11-18(28-2)21(30-4)19(12-16)29-3/h6-9,11-12,15H,5,10,13H2,1-4H3. The first-order chi connectivity index (χ1) is 15.6. The second-order valence-electron chi connectivity index (χ2n) is 7.21. The minimum Gasteiger partial charge on any atom is -0.494 e. The van der Waals surface area contributed by atoms with Gasteiger partial charge in [-0.2, -0.15) is 4.98 Å². The van der Waals surface area contributed by atoms with Crippen molar-refractivity contribution in [2.75, 3.05) is 39.4 Å². The second-order valence-corrected chi connectivity index (χ2v) is 7.21. The molecule has 0 aliphatic carbocycles. The number of ether oxygens (including phenoxy) is 4. The Morgan fingerprint density at radius 3 is 2.50 bits per heavy atom. The first-order valence-electron chi connectivity index (χ1n) is 10.2. The molecular formula is C23H25N3O6. The van der Waals surface area contributed by atoms with E-state index in [-0.39, 0.29) is 18.2 Å². The third-order valence-electron chi connectivity index (χ3n) is 5.28. The van der Waals surface area contributed by atoms with Gasteiger partial charge in [-0.1, -0.05) is 17.3 Å². The molecule has 1 amide bonds. The zero-order valence-corrected chi connectivity index (χ0v) is 18.5. The molecule has 2 heterocycles. The van der Waals surface area contributed by atoms with Gasteiger partial charge in [0.1, 0.15) is 5.75 Å². The van der Waals surface area contributed by atoms with Crippen LogP contribution in [0.1, 0.15) is 25.2 Å². The zero-order chi connectivity index (χ0) is 22.7. The topological polar surface area (TPSA) is 96.2 Å². The highest BCUT2D eigenvalue weighted by atomic mass is 16.5. The van der Waals surface area contributed by atoms with Crippen LogP contribution >= 0.6 is 0 Å². The van der Waals surface area contributed by atoms with E-state index in [9.17, 15) is 4.79 Å². The Balaban J connectivity index is 1.57. The van der Waals surface area contributed by atoms with E-state index >= 15 is 0 Å². The van der Waals surface area contributed by atoms with Gasteiger partial charge in [-0.15, -0.1) is 0 Å². The summed E-state index contributed by atoms with van der Waals surface area (Å²) in [5.74, 6) is 2.77. The Bertz CT molecular complexity index is 1090. The largest absolute Gasteiger partial charge is 0.494 e. The first kappa shape index (κ1) is 21.5. The van der Waals surface area contributed by atoms with E-state index in [1.54, 1.807) is 17.0 Å². The molecule has 1 atom stereocenters. The smallest absolute Gasteiger partial charge is 0.232 e. The van der Waals surface area contributed by atoms with E-state index in [1.807, 2.05) is 31.2 Å². The van der Waals surface area contributed by atoms with E-state index in [4.69, 9.17) is 23.5 Å². The Morgan fingerprint density at radius 1 is 1.09 bits per heavy atom. The maximum Gasteiger partial charge on any atom is 0.232 e. The molecule has 2 aromatic carbocycles. The zero-order valence-electron chi connectivity index (χ0n) is 18.5. The minimum atomic E-state index is -0.224. The average Bonchev–Trinajstić information content (AvgIpc) is 3.45. The van der Waals surface area contributed by atoms with Gasteiger partial charge < -0.3 is 28.4 Å². The van der Waals surface area contributed by atoms with Gasteiger partial charge in [-0.05, 0) is 19.1 Å². The van der Waals surface area contributed by atoms with Crippen molar-refractivity contribution in [3.05, 3.63) is 42.3 Å². The van der Waals surface area contributed by atoms with Crippen molar-refractivity contribution in [1.82, 2.24) is 10.1 Å². The van der Waals surface area contributed by atoms with Crippen LogP contribution in [0.2, 0.25) is 0 Å². The number of methoxy groups -OCH3 is 3. The summed E-state index contributed by atoms with van der Waals surface area (Å²) in [5.41, 5.74) is 1.44. The average molecular weight is 439 g/mol. The number of aromatic nitrogens is 2. The molecule has 9 heteroatoms. The Labute approximate surface area is 185 Å². The molecule has 3 aromatic rings. The summed E-state index contributed by atoms with van der Waals surface area (Å²) < 4.78 is 27.2. The van der Waals surface area contributed by atoms with Gasteiger partial charge in [0.05, 0.1) is 39.5 Å². The fourth-order valence-electron chi connectivity index (χ4n) is 3.76. The number of hydrogen-bond acceptors (Lipinski definition) is 8. The van der Waals surface area contributed by atoms with Crippen molar-refractivity contribution in [2.45, 2.75) is 19.3 Å². The molecule has 4 rings (SSSR count). The first-order valence-corrected chi connectivity index (χ1v) is 10.2. The summed E-state index contributed by atoms with van der Waals surface area (Å²) in [6, 6.07) is 11.0. The molecular weight excluding hydrogens is 414 g/mol. The van der Waals surface area contributed by atoms with E-state index in [2.05, 4.69) is 10.1 Å². The van der Waals surface area contributed by atoms with Crippen LogP contribution in [0.3, 0.4) is 0 Å². The predicted octanol–water partition coefficient (Wildman–Crippen LogP) is 3.68. The lowest BCUT2D eigenvalue weighted by Gasteiger charge is -2.20. The fraction of sp³-hybridized carbons (Fsp3) is 0.348. The normalized spacial score (nSPS) is 15.7. The van der Waals surface area contributed by atoms with Gasteiger partial charge in [0.25, 0.3) is 0 Å². The van der Waals surface area contributed by atoms with Crippen molar-refractivity contribution in [1.29, 1.82) is 0 Å². The highest BCUT2D eigenvalue weighted by Crippen LogP contribution is 2.43. The van der Waals surface area contributed by atoms with Gasteiger partial charge in [0.2, 0.25) is 23.4 Å². The van der Waals surface area contributed by atoms with E-state index in [0.717, 1.165) is 11.3 Å². The number of amides is 1. The molecule has 1 saturated heterocycles. The molecule has 1 unspecified atom stereocenters. The van der Waals surface area contributed by atoms with Crippen molar-refractivity contribution >= 4 is 11.6 Å². The highest BCUT2D eigenvalue weighted by molar-refractivity contribution is 5.97. The van der Waals surface area contributed by atoms with Crippen LogP contribution in [0.5, 0.6) is 23.0 Å². The molecule has 1 aliphatic rings. The summed E-state index contributed by atoms with van der Waals surface area (Å²) in [6.45, 7) is 2.90. The van der Waals surface area contributed by atoms with E-state index in [1.165, 1.54) is 21.3 Å². The number of rotatable bonds is 8. The van der Waals surface area contributed by atoms with Gasteiger partial charge in [-0.3, -0.25) is 4.79 Å². The number of nitrogens with zero attached hydrogens (tertiary/aromatic N) is 3. The van der Waals surface area contributed by atoms with Gasteiger partial charge in [0, 0.05) is 30.7 Å². The van der Waals surface area contributed by atoms with Crippen LogP contribution in [-0.4, -0.2) is 50.5 Å². The maximum absolute atomic E-state index is 12.8. The number of anilines is 1. The minimum absolute atomic E-state index is 0.0534. The molecule has 0 N–H and O–H groups in total. The number of benzene rings is 2. The summed E-state index contributed by atoms with van der Waals surface area (Å²) >= 11 is 0. The van der Waals surface area contributed by atoms with Gasteiger partial charge >= 0.3 is 0 Å². The van der Waals surface area contributed by atoms with Crippen molar-refractivity contribution in [3.8, 4) is 34.4 Å². The van der Waals surface area contributed by atoms with Crippen LogP contribution in [-0.2, 0) is 4.79 Å². The number of hydrogen-bond donors (Lipinski definition) is 0. The van der Waals surface area contributed by atoms with Gasteiger partial charge in [-0.25, -0.2) is 0 Å². The van der Waals surface area contributed by atoms with Crippen molar-refractivity contribution in [2.24, 2.45) is 0 Å². The van der Waals surface area contributed by atoms with Crippen molar-refractivity contribution < 1.29 is 28.3 Å². The molecule has 1 fully saturated rings. The fourth-order valence-corrected chi connectivity index (χ4v) is 3.76. The molecule has 1 aromatic heterocycles. The molecule has 32 heavy (non-hydrogen) atoms. The van der Waals surface area contributed by atoms with Crippen molar-refractivity contribution in [3.63, 3.8) is 0 Å². The highest BCUT2D eigenvalue weighted by Gasteiger charge is 2.36. The SMILES string of the molecule is CCOc1cccc(-c2noc(C3CC(=O)N(c4cc(OC)c(OC)c(OC)c4)C3)n2)c1. The van der Waals surface area contributed by atoms with E-state index < -0.39 is 0 Å². The van der Waals surface area contributed by atoms with Crippen LogP contribution in [0.4, 0.5) is 5.69 Å². The predicted molar refractivity (Wildman–Crippen MR) is 117 cm³/mol. The third-order valence-corrected chi connectivity index (χ3v) is 5.28. The second kappa shape index (κ2) is 9.17. The Kier molecular flexibility index (Phi) is 6.16. The quantitative estimate of drug-likeness (QED) is 0.524. The molecule has 0 saturated carbocycles. The summed E-state index contributed by atoms with van der Waals surface area (Å²) in [7, 11) is 4.61.